The van der Waals surface area contributed by atoms with Crippen molar-refractivity contribution in [2.24, 2.45) is 0 Å². The lowest BCUT2D eigenvalue weighted by Crippen LogP contribution is -2.04. The van der Waals surface area contributed by atoms with Gasteiger partial charge in [-0.05, 0) is 5.21 Å². The summed E-state index contributed by atoms with van der Waals surface area (Å²) in [5.74, 6) is 1.74. The van der Waals surface area contributed by atoms with Gasteiger partial charge in [-0.25, -0.2) is 0 Å². The highest BCUT2D eigenvalue weighted by Crippen LogP contribution is 2.12. The average Bonchev–Trinajstić information content (AvgIpc) is 3.09. The summed E-state index contributed by atoms with van der Waals surface area (Å²) in [6, 6.07) is 9.67. The van der Waals surface area contributed by atoms with E-state index in [1.807, 2.05) is 37.3 Å². The van der Waals surface area contributed by atoms with Crippen LogP contribution in [0.15, 0.2) is 34.9 Å². The first-order chi connectivity index (χ1) is 9.35. The molecule has 2 aromatic heterocycles. The third-order valence-corrected chi connectivity index (χ3v) is 2.59. The Kier molecular flexibility index (Phi) is 3.01. The van der Waals surface area contributed by atoms with Crippen LogP contribution in [0.5, 0.6) is 0 Å². The molecule has 0 saturated carbocycles. The number of rotatable bonds is 4. The summed E-state index contributed by atoms with van der Waals surface area (Å²) in [5, 5.41) is 16.1. The van der Waals surface area contributed by atoms with Crippen molar-refractivity contribution in [2.45, 2.75) is 19.9 Å². The molecule has 19 heavy (non-hydrogen) atoms. The molecule has 1 aromatic carbocycles. The summed E-state index contributed by atoms with van der Waals surface area (Å²) in [6.45, 7) is 2.29. The number of hydrogen-bond donors (Lipinski definition) is 0. The predicted octanol–water partition coefficient (Wildman–Crippen LogP) is 1.33. The van der Waals surface area contributed by atoms with Crippen molar-refractivity contribution in [3.63, 3.8) is 0 Å². The summed E-state index contributed by atoms with van der Waals surface area (Å²) in [4.78, 5) is 5.64. The van der Waals surface area contributed by atoms with Crippen molar-refractivity contribution in [1.29, 1.82) is 0 Å². The molecule has 0 radical (unpaired) electrons. The van der Waals surface area contributed by atoms with Gasteiger partial charge in [0.15, 0.2) is 5.82 Å². The Morgan fingerprint density at radius 1 is 1.21 bits per heavy atom. The Balaban J connectivity index is 1.78. The summed E-state index contributed by atoms with van der Waals surface area (Å²) in [6.07, 6.45) is 0.740. The van der Waals surface area contributed by atoms with Crippen LogP contribution in [0.4, 0.5) is 0 Å². The average molecular weight is 256 g/mol. The number of aromatic nitrogens is 6. The molecule has 7 heteroatoms. The second kappa shape index (κ2) is 4.97. The minimum absolute atomic E-state index is 0.326. The van der Waals surface area contributed by atoms with Gasteiger partial charge in [0.2, 0.25) is 11.7 Å². The molecule has 96 valence electrons. The fourth-order valence-electron chi connectivity index (χ4n) is 1.63. The van der Waals surface area contributed by atoms with Crippen LogP contribution in [-0.4, -0.2) is 30.3 Å². The molecule has 3 aromatic rings. The third kappa shape index (κ3) is 2.49. The van der Waals surface area contributed by atoms with Crippen molar-refractivity contribution in [1.82, 2.24) is 30.3 Å². The molecule has 0 aliphatic rings. The topological polar surface area (TPSA) is 82.5 Å². The first kappa shape index (κ1) is 11.5. The van der Waals surface area contributed by atoms with Crippen molar-refractivity contribution in [3.05, 3.63) is 42.0 Å². The maximum Gasteiger partial charge on any atom is 0.250 e. The summed E-state index contributed by atoms with van der Waals surface area (Å²) in [7, 11) is 0. The van der Waals surface area contributed by atoms with Gasteiger partial charge in [0.25, 0.3) is 0 Å². The zero-order valence-electron chi connectivity index (χ0n) is 10.4. The molecule has 0 bridgehead atoms. The van der Waals surface area contributed by atoms with Gasteiger partial charge in [0.05, 0.1) is 0 Å². The fourth-order valence-corrected chi connectivity index (χ4v) is 1.63. The van der Waals surface area contributed by atoms with Gasteiger partial charge in [0, 0.05) is 12.0 Å². The van der Waals surface area contributed by atoms with Gasteiger partial charge < -0.3 is 4.52 Å². The molecule has 0 spiro atoms. The molecule has 0 saturated heterocycles. The van der Waals surface area contributed by atoms with Gasteiger partial charge >= 0.3 is 0 Å². The lowest BCUT2D eigenvalue weighted by atomic mass is 10.2. The van der Waals surface area contributed by atoms with Crippen LogP contribution in [0.3, 0.4) is 0 Å². The quantitative estimate of drug-likeness (QED) is 0.700. The van der Waals surface area contributed by atoms with Crippen molar-refractivity contribution in [3.8, 4) is 11.4 Å². The van der Waals surface area contributed by atoms with Crippen LogP contribution in [0.1, 0.15) is 18.6 Å². The second-order valence-electron chi connectivity index (χ2n) is 3.97. The lowest BCUT2D eigenvalue weighted by Gasteiger charge is -1.92. The molecule has 0 unspecified atom stereocenters. The molecule has 0 atom stereocenters. The van der Waals surface area contributed by atoms with E-state index in [1.54, 1.807) is 0 Å². The molecule has 7 nitrogen and oxygen atoms in total. The molecule has 0 N–H and O–H groups in total. The van der Waals surface area contributed by atoms with Crippen LogP contribution >= 0.6 is 0 Å². The van der Waals surface area contributed by atoms with E-state index >= 15 is 0 Å². The molecular formula is C12H12N6O. The van der Waals surface area contributed by atoms with Crippen LogP contribution in [-0.2, 0) is 13.0 Å². The van der Waals surface area contributed by atoms with E-state index in [0.29, 0.717) is 24.1 Å². The molecule has 0 aliphatic heterocycles. The van der Waals surface area contributed by atoms with Crippen molar-refractivity contribution >= 4 is 0 Å². The zero-order valence-corrected chi connectivity index (χ0v) is 10.4. The van der Waals surface area contributed by atoms with E-state index < -0.39 is 0 Å². The Bertz CT molecular complexity index is 660. The maximum absolute atomic E-state index is 5.08. The van der Waals surface area contributed by atoms with E-state index in [9.17, 15) is 0 Å². The van der Waals surface area contributed by atoms with E-state index in [4.69, 9.17) is 4.52 Å². The Hall–Kier alpha value is -2.57. The van der Waals surface area contributed by atoms with Crippen molar-refractivity contribution in [2.75, 3.05) is 0 Å². The second-order valence-corrected chi connectivity index (χ2v) is 3.97. The highest BCUT2D eigenvalue weighted by molar-refractivity contribution is 5.52. The van der Waals surface area contributed by atoms with Crippen LogP contribution in [0.2, 0.25) is 0 Å². The smallest absolute Gasteiger partial charge is 0.250 e. The predicted molar refractivity (Wildman–Crippen MR) is 66.0 cm³/mol. The number of benzene rings is 1. The molecule has 0 amide bonds. The summed E-state index contributed by atoms with van der Waals surface area (Å²) in [5.41, 5.74) is 0.925. The van der Waals surface area contributed by atoms with Crippen LogP contribution in [0.25, 0.3) is 11.4 Å². The van der Waals surface area contributed by atoms with E-state index in [-0.39, 0.29) is 0 Å². The maximum atomic E-state index is 5.08. The first-order valence-electron chi connectivity index (χ1n) is 6.00. The fraction of sp³-hybridized carbons (Fsp3) is 0.250. The Morgan fingerprint density at radius 3 is 2.79 bits per heavy atom. The largest absolute Gasteiger partial charge is 0.337 e. The van der Waals surface area contributed by atoms with E-state index in [2.05, 4.69) is 25.6 Å². The SMILES string of the molecule is CCc1noc(Cn2nnc(-c3ccccc3)n2)n1. The standard InChI is InChI=1S/C12H12N6O/c1-2-10-13-11(19-16-10)8-18-15-12(14-17-18)9-6-4-3-5-7-9/h3-7H,2,8H2,1H3. The molecule has 2 heterocycles. The zero-order chi connectivity index (χ0) is 13.1. The first-order valence-corrected chi connectivity index (χ1v) is 6.00. The summed E-state index contributed by atoms with van der Waals surface area (Å²) >= 11 is 0. The molecular weight excluding hydrogens is 244 g/mol. The highest BCUT2D eigenvalue weighted by Gasteiger charge is 2.09. The van der Waals surface area contributed by atoms with Gasteiger partial charge in [0.1, 0.15) is 6.54 Å². The molecule has 0 fully saturated rings. The molecule has 3 rings (SSSR count). The third-order valence-electron chi connectivity index (χ3n) is 2.59. The normalized spacial score (nSPS) is 10.8. The minimum Gasteiger partial charge on any atom is -0.337 e. The van der Waals surface area contributed by atoms with Gasteiger partial charge in [-0.2, -0.15) is 9.78 Å². The van der Waals surface area contributed by atoms with E-state index in [1.165, 1.54) is 4.80 Å². The minimum atomic E-state index is 0.326. The lowest BCUT2D eigenvalue weighted by molar-refractivity contribution is 0.352. The number of tetrazole rings is 1. The summed E-state index contributed by atoms with van der Waals surface area (Å²) < 4.78 is 5.08. The number of aryl methyl sites for hydroxylation is 1. The number of hydrogen-bond acceptors (Lipinski definition) is 6. The Labute approximate surface area is 109 Å². The van der Waals surface area contributed by atoms with Crippen LogP contribution in [0, 0.1) is 0 Å². The highest BCUT2D eigenvalue weighted by atomic mass is 16.5. The molecule has 0 aliphatic carbocycles. The van der Waals surface area contributed by atoms with Crippen molar-refractivity contribution < 1.29 is 4.52 Å². The van der Waals surface area contributed by atoms with Gasteiger partial charge in [-0.3, -0.25) is 0 Å². The van der Waals surface area contributed by atoms with E-state index in [0.717, 1.165) is 12.0 Å². The van der Waals surface area contributed by atoms with Crippen LogP contribution < -0.4 is 0 Å². The Morgan fingerprint density at radius 2 is 2.05 bits per heavy atom. The number of nitrogens with zero attached hydrogens (tertiary/aromatic N) is 6. The van der Waals surface area contributed by atoms with Gasteiger partial charge in [-0.1, -0.05) is 42.4 Å². The van der Waals surface area contributed by atoms with Gasteiger partial charge in [-0.15, -0.1) is 10.2 Å². The monoisotopic (exact) mass is 256 g/mol.